The molecule has 114 valence electrons. The first-order chi connectivity index (χ1) is 10.3. The number of allylic oxidation sites excluding steroid dienone is 1. The van der Waals surface area contributed by atoms with Crippen LogP contribution >= 0.6 is 11.8 Å². The fourth-order valence-corrected chi connectivity index (χ4v) is 3.52. The zero-order valence-corrected chi connectivity index (χ0v) is 13.9. The van der Waals surface area contributed by atoms with Crippen LogP contribution < -0.4 is 10.2 Å². The van der Waals surface area contributed by atoms with Gasteiger partial charge in [-0.1, -0.05) is 12.1 Å². The zero-order chi connectivity index (χ0) is 16.1. The lowest BCUT2D eigenvalue weighted by Crippen LogP contribution is -2.42. The van der Waals surface area contributed by atoms with Gasteiger partial charge in [0.15, 0.2) is 0 Å². The second-order valence-electron chi connectivity index (χ2n) is 6.17. The SMILES string of the molecule is CC1=CC(C)(C)N(C)c2ccc(/C=C3/SC(=O)NC3=O)cc21. The van der Waals surface area contributed by atoms with Gasteiger partial charge in [-0.15, -0.1) is 0 Å². The highest BCUT2D eigenvalue weighted by Crippen LogP contribution is 2.38. The number of hydrogen-bond acceptors (Lipinski definition) is 4. The Morgan fingerprint density at radius 1 is 1.27 bits per heavy atom. The minimum absolute atomic E-state index is 0.0231. The van der Waals surface area contributed by atoms with Crippen molar-refractivity contribution in [3.05, 3.63) is 40.3 Å². The molecule has 22 heavy (non-hydrogen) atoms. The lowest BCUT2D eigenvalue weighted by Gasteiger charge is -2.40. The van der Waals surface area contributed by atoms with Crippen molar-refractivity contribution < 1.29 is 9.59 Å². The second-order valence-corrected chi connectivity index (χ2v) is 7.18. The smallest absolute Gasteiger partial charge is 0.290 e. The van der Waals surface area contributed by atoms with Crippen LogP contribution in [-0.4, -0.2) is 23.7 Å². The van der Waals surface area contributed by atoms with E-state index in [0.29, 0.717) is 4.91 Å². The van der Waals surface area contributed by atoms with Gasteiger partial charge in [-0.25, -0.2) is 0 Å². The van der Waals surface area contributed by atoms with Gasteiger partial charge in [0.1, 0.15) is 0 Å². The number of nitrogens with one attached hydrogen (secondary N) is 1. The highest BCUT2D eigenvalue weighted by atomic mass is 32.2. The molecule has 0 atom stereocenters. The fraction of sp³-hybridized carbons (Fsp3) is 0.294. The van der Waals surface area contributed by atoms with E-state index in [1.54, 1.807) is 6.08 Å². The summed E-state index contributed by atoms with van der Waals surface area (Å²) in [6, 6.07) is 6.11. The van der Waals surface area contributed by atoms with Gasteiger partial charge in [0.25, 0.3) is 11.1 Å². The van der Waals surface area contributed by atoms with Crippen molar-refractivity contribution in [1.82, 2.24) is 5.32 Å². The number of fused-ring (bicyclic) bond motifs is 1. The van der Waals surface area contributed by atoms with Crippen LogP contribution in [0.5, 0.6) is 0 Å². The van der Waals surface area contributed by atoms with Crippen LogP contribution in [0, 0.1) is 0 Å². The Kier molecular flexibility index (Phi) is 3.40. The molecular weight excluding hydrogens is 296 g/mol. The number of nitrogens with zero attached hydrogens (tertiary/aromatic N) is 1. The Balaban J connectivity index is 2.02. The van der Waals surface area contributed by atoms with Crippen molar-refractivity contribution in [3.63, 3.8) is 0 Å². The maximum absolute atomic E-state index is 11.6. The lowest BCUT2D eigenvalue weighted by atomic mass is 9.88. The highest BCUT2D eigenvalue weighted by Gasteiger charge is 2.29. The van der Waals surface area contributed by atoms with Crippen LogP contribution in [0.25, 0.3) is 11.6 Å². The number of amides is 2. The molecule has 0 saturated carbocycles. The van der Waals surface area contributed by atoms with Gasteiger partial charge < -0.3 is 4.90 Å². The molecule has 0 spiro atoms. The van der Waals surface area contributed by atoms with Crippen molar-refractivity contribution in [3.8, 4) is 0 Å². The molecule has 4 nitrogen and oxygen atoms in total. The van der Waals surface area contributed by atoms with Gasteiger partial charge in [-0.05, 0) is 61.9 Å². The summed E-state index contributed by atoms with van der Waals surface area (Å²) >= 11 is 0.943. The van der Waals surface area contributed by atoms with E-state index in [-0.39, 0.29) is 16.7 Å². The van der Waals surface area contributed by atoms with E-state index in [0.717, 1.165) is 22.9 Å². The van der Waals surface area contributed by atoms with Gasteiger partial charge in [0.2, 0.25) is 0 Å². The monoisotopic (exact) mass is 314 g/mol. The number of benzene rings is 1. The van der Waals surface area contributed by atoms with E-state index in [4.69, 9.17) is 0 Å². The van der Waals surface area contributed by atoms with Crippen LogP contribution in [0.2, 0.25) is 0 Å². The maximum atomic E-state index is 11.6. The van der Waals surface area contributed by atoms with E-state index in [1.165, 1.54) is 11.3 Å². The third-order valence-corrected chi connectivity index (χ3v) is 4.99. The number of thioether (sulfide) groups is 1. The molecule has 0 bridgehead atoms. The Bertz CT molecular complexity index is 747. The zero-order valence-electron chi connectivity index (χ0n) is 13.1. The Morgan fingerprint density at radius 3 is 2.64 bits per heavy atom. The molecule has 0 unspecified atom stereocenters. The highest BCUT2D eigenvalue weighted by molar-refractivity contribution is 8.18. The van der Waals surface area contributed by atoms with Gasteiger partial charge in [-0.2, -0.15) is 0 Å². The van der Waals surface area contributed by atoms with Crippen LogP contribution in [0.4, 0.5) is 10.5 Å². The minimum Gasteiger partial charge on any atom is -0.366 e. The first kappa shape index (κ1) is 14.9. The van der Waals surface area contributed by atoms with Gasteiger partial charge in [0, 0.05) is 18.3 Å². The number of carbonyl (C=O) groups excluding carboxylic acids is 2. The van der Waals surface area contributed by atoms with Crippen LogP contribution in [0.15, 0.2) is 29.2 Å². The van der Waals surface area contributed by atoms with E-state index in [1.807, 2.05) is 6.07 Å². The standard InChI is InChI=1S/C17H18N2O2S/c1-10-9-17(2,3)19(4)13-6-5-11(7-12(10)13)8-14-15(20)18-16(21)22-14/h5-9H,1-4H3,(H,18,20,21)/b14-8+. The van der Waals surface area contributed by atoms with Crippen molar-refractivity contribution in [2.75, 3.05) is 11.9 Å². The van der Waals surface area contributed by atoms with Gasteiger partial charge in [0.05, 0.1) is 10.4 Å². The number of hydrogen-bond donors (Lipinski definition) is 1. The molecule has 2 aliphatic heterocycles. The molecule has 1 N–H and O–H groups in total. The minimum atomic E-state index is -0.321. The molecule has 1 aromatic carbocycles. The third kappa shape index (κ3) is 2.46. The summed E-state index contributed by atoms with van der Waals surface area (Å²) < 4.78 is 0. The number of anilines is 1. The maximum Gasteiger partial charge on any atom is 0.290 e. The van der Waals surface area contributed by atoms with Crippen molar-refractivity contribution in [2.24, 2.45) is 0 Å². The van der Waals surface area contributed by atoms with Gasteiger partial charge >= 0.3 is 0 Å². The quantitative estimate of drug-likeness (QED) is 0.804. The summed E-state index contributed by atoms with van der Waals surface area (Å²) in [4.78, 5) is 25.6. The average molecular weight is 314 g/mol. The number of imide groups is 1. The molecule has 1 aromatic rings. The Labute approximate surface area is 134 Å². The first-order valence-electron chi connectivity index (χ1n) is 7.10. The molecule has 3 rings (SSSR count). The Hall–Kier alpha value is -2.01. The van der Waals surface area contributed by atoms with Crippen molar-refractivity contribution >= 4 is 40.2 Å². The molecule has 2 heterocycles. The first-order valence-corrected chi connectivity index (χ1v) is 7.92. The van der Waals surface area contributed by atoms with Gasteiger partial charge in [-0.3, -0.25) is 14.9 Å². The molecule has 0 radical (unpaired) electrons. The Morgan fingerprint density at radius 2 is 2.00 bits per heavy atom. The van der Waals surface area contributed by atoms with E-state index in [9.17, 15) is 9.59 Å². The largest absolute Gasteiger partial charge is 0.366 e. The molecule has 0 aliphatic carbocycles. The molecule has 2 amide bonds. The summed E-state index contributed by atoms with van der Waals surface area (Å²) in [6.45, 7) is 6.46. The summed E-state index contributed by atoms with van der Waals surface area (Å²) in [6.07, 6.45) is 4.00. The third-order valence-electron chi connectivity index (χ3n) is 4.18. The second kappa shape index (κ2) is 5.02. The normalized spacial score (nSPS) is 21.7. The molecule has 1 saturated heterocycles. The molecule has 5 heteroatoms. The summed E-state index contributed by atoms with van der Waals surface area (Å²) in [5, 5.41) is 1.96. The van der Waals surface area contributed by atoms with Crippen LogP contribution in [0.3, 0.4) is 0 Å². The van der Waals surface area contributed by atoms with Crippen LogP contribution in [-0.2, 0) is 4.79 Å². The predicted molar refractivity (Wildman–Crippen MR) is 91.7 cm³/mol. The van der Waals surface area contributed by atoms with Crippen LogP contribution in [0.1, 0.15) is 31.9 Å². The molecule has 2 aliphatic rings. The lowest BCUT2D eigenvalue weighted by molar-refractivity contribution is -0.115. The molecular formula is C17H18N2O2S. The number of carbonyl (C=O) groups is 2. The molecule has 0 aromatic heterocycles. The van der Waals surface area contributed by atoms with Crippen molar-refractivity contribution in [2.45, 2.75) is 26.3 Å². The topological polar surface area (TPSA) is 49.4 Å². The fourth-order valence-electron chi connectivity index (χ4n) is 2.84. The molecule has 1 fully saturated rings. The van der Waals surface area contributed by atoms with E-state index < -0.39 is 0 Å². The van der Waals surface area contributed by atoms with E-state index in [2.05, 4.69) is 56.2 Å². The summed E-state index contributed by atoms with van der Waals surface area (Å²) in [5.74, 6) is -0.321. The van der Waals surface area contributed by atoms with Crippen molar-refractivity contribution in [1.29, 1.82) is 0 Å². The summed E-state index contributed by atoms with van der Waals surface area (Å²) in [7, 11) is 2.08. The number of likely N-dealkylation sites (N-methyl/N-ethyl adjacent to an activating group) is 1. The van der Waals surface area contributed by atoms with E-state index >= 15 is 0 Å². The number of rotatable bonds is 1. The average Bonchev–Trinajstić information content (AvgIpc) is 2.74. The summed E-state index contributed by atoms with van der Waals surface area (Å²) in [5.41, 5.74) is 4.45. The predicted octanol–water partition coefficient (Wildman–Crippen LogP) is 3.64.